The van der Waals surface area contributed by atoms with E-state index in [2.05, 4.69) is 30.4 Å². The summed E-state index contributed by atoms with van der Waals surface area (Å²) >= 11 is 5.91. The average Bonchev–Trinajstić information content (AvgIpc) is 2.83. The van der Waals surface area contributed by atoms with Crippen LogP contribution in [0, 0.1) is 5.92 Å². The molecule has 178 valence electrons. The quantitative estimate of drug-likeness (QED) is 0.594. The van der Waals surface area contributed by atoms with Crippen LogP contribution >= 0.6 is 11.6 Å². The van der Waals surface area contributed by atoms with Gasteiger partial charge in [0.25, 0.3) is 0 Å². The molecule has 33 heavy (non-hydrogen) atoms. The Morgan fingerprint density at radius 1 is 1.09 bits per heavy atom. The minimum absolute atomic E-state index is 0.0500. The minimum Gasteiger partial charge on any atom is -0.349 e. The lowest BCUT2D eigenvalue weighted by atomic mass is 9.88. The summed E-state index contributed by atoms with van der Waals surface area (Å²) in [5, 5.41) is 3.79. The molecule has 1 fully saturated rings. The van der Waals surface area contributed by atoms with Gasteiger partial charge in [-0.3, -0.25) is 4.79 Å². The van der Waals surface area contributed by atoms with E-state index >= 15 is 0 Å². The van der Waals surface area contributed by atoms with Crippen molar-refractivity contribution >= 4 is 27.5 Å². The summed E-state index contributed by atoms with van der Waals surface area (Å²) in [6.45, 7) is 2.78. The summed E-state index contributed by atoms with van der Waals surface area (Å²) in [4.78, 5) is 13.2. The van der Waals surface area contributed by atoms with Crippen LogP contribution in [0.4, 0.5) is 0 Å². The van der Waals surface area contributed by atoms with E-state index in [9.17, 15) is 13.2 Å². The Bertz CT molecular complexity index is 1090. The Morgan fingerprint density at radius 2 is 1.82 bits per heavy atom. The molecule has 1 N–H and O–H groups in total. The standard InChI is InChI=1S/C26H33ClN2O3S/c1-2-25(22-12-11-20-6-3-4-7-21(20)16-22)28-26(30)23-8-5-15-29(17-23)33(31,32)18-19-9-13-24(27)14-10-19/h9-14,16,23,25H,2-8,15,17-18H2,1H3,(H,28,30). The first-order chi connectivity index (χ1) is 15.9. The summed E-state index contributed by atoms with van der Waals surface area (Å²) < 4.78 is 27.5. The van der Waals surface area contributed by atoms with Gasteiger partial charge in [0, 0.05) is 18.1 Å². The number of rotatable bonds is 7. The number of nitrogens with one attached hydrogen (secondary N) is 1. The summed E-state index contributed by atoms with van der Waals surface area (Å²) in [6.07, 6.45) is 6.92. The van der Waals surface area contributed by atoms with Crippen LogP contribution in [0.3, 0.4) is 0 Å². The first kappa shape index (κ1) is 24.2. The van der Waals surface area contributed by atoms with Crippen LogP contribution in [0.25, 0.3) is 0 Å². The first-order valence-electron chi connectivity index (χ1n) is 12.0. The van der Waals surface area contributed by atoms with E-state index in [1.54, 1.807) is 24.3 Å². The highest BCUT2D eigenvalue weighted by atomic mass is 35.5. The van der Waals surface area contributed by atoms with Crippen molar-refractivity contribution in [2.75, 3.05) is 13.1 Å². The number of piperidine rings is 1. The summed E-state index contributed by atoms with van der Waals surface area (Å²) in [5.74, 6) is -0.457. The van der Waals surface area contributed by atoms with Gasteiger partial charge in [-0.25, -0.2) is 12.7 Å². The van der Waals surface area contributed by atoms with Gasteiger partial charge < -0.3 is 5.32 Å². The number of hydrogen-bond donors (Lipinski definition) is 1. The molecule has 2 aliphatic rings. The Balaban J connectivity index is 1.41. The molecule has 7 heteroatoms. The molecule has 1 heterocycles. The number of carbonyl (C=O) groups excluding carboxylic acids is 1. The highest BCUT2D eigenvalue weighted by Gasteiger charge is 2.33. The van der Waals surface area contributed by atoms with Crippen LogP contribution in [0.15, 0.2) is 42.5 Å². The van der Waals surface area contributed by atoms with Crippen LogP contribution in [0.5, 0.6) is 0 Å². The van der Waals surface area contributed by atoms with E-state index in [0.29, 0.717) is 30.0 Å². The maximum Gasteiger partial charge on any atom is 0.224 e. The van der Waals surface area contributed by atoms with Crippen LogP contribution in [0.2, 0.25) is 5.02 Å². The van der Waals surface area contributed by atoms with Crippen molar-refractivity contribution in [3.8, 4) is 0 Å². The molecule has 2 aromatic rings. The zero-order valence-electron chi connectivity index (χ0n) is 19.2. The zero-order chi connectivity index (χ0) is 23.4. The number of sulfonamides is 1. The number of benzene rings is 2. The fourth-order valence-electron chi connectivity index (χ4n) is 4.97. The van der Waals surface area contributed by atoms with Crippen molar-refractivity contribution in [2.45, 2.75) is 63.7 Å². The second-order valence-electron chi connectivity index (χ2n) is 9.28. The van der Waals surface area contributed by atoms with Gasteiger partial charge in [-0.05, 0) is 79.3 Å². The third kappa shape index (κ3) is 5.97. The smallest absolute Gasteiger partial charge is 0.224 e. The minimum atomic E-state index is -3.50. The van der Waals surface area contributed by atoms with Crippen LogP contribution in [-0.2, 0) is 33.4 Å². The van der Waals surface area contributed by atoms with E-state index in [4.69, 9.17) is 11.6 Å². The second kappa shape index (κ2) is 10.6. The van der Waals surface area contributed by atoms with Crippen LogP contribution < -0.4 is 5.32 Å². The van der Waals surface area contributed by atoms with Gasteiger partial charge in [0.05, 0.1) is 17.7 Å². The largest absolute Gasteiger partial charge is 0.349 e. The summed E-state index contributed by atoms with van der Waals surface area (Å²) in [5.41, 5.74) is 4.68. The molecule has 1 aliphatic heterocycles. The number of fused-ring (bicyclic) bond motifs is 1. The summed E-state index contributed by atoms with van der Waals surface area (Å²) in [6, 6.07) is 13.4. The molecular formula is C26H33ClN2O3S. The molecule has 4 rings (SSSR count). The lowest BCUT2D eigenvalue weighted by Gasteiger charge is -2.32. The highest BCUT2D eigenvalue weighted by molar-refractivity contribution is 7.88. The van der Waals surface area contributed by atoms with Gasteiger partial charge >= 0.3 is 0 Å². The summed E-state index contributed by atoms with van der Waals surface area (Å²) in [7, 11) is -3.50. The fourth-order valence-corrected chi connectivity index (χ4v) is 6.71. The SMILES string of the molecule is CCC(NC(=O)C1CCCN(S(=O)(=O)Cc2ccc(Cl)cc2)C1)c1ccc2c(c1)CCCC2. The van der Waals surface area contributed by atoms with Gasteiger partial charge in [0.1, 0.15) is 0 Å². The molecule has 0 aromatic heterocycles. The molecule has 0 spiro atoms. The predicted octanol–water partition coefficient (Wildman–Crippen LogP) is 5.03. The topological polar surface area (TPSA) is 66.5 Å². The second-order valence-corrected chi connectivity index (χ2v) is 11.7. The Labute approximate surface area is 202 Å². The number of carbonyl (C=O) groups is 1. The molecule has 2 unspecified atom stereocenters. The molecule has 2 atom stereocenters. The van der Waals surface area contributed by atoms with E-state index in [1.807, 2.05) is 0 Å². The van der Waals surface area contributed by atoms with Crippen molar-refractivity contribution in [3.63, 3.8) is 0 Å². The maximum atomic E-state index is 13.2. The van der Waals surface area contributed by atoms with Crippen molar-refractivity contribution < 1.29 is 13.2 Å². The Hall–Kier alpha value is -1.89. The maximum absolute atomic E-state index is 13.2. The normalized spacial score (nSPS) is 20.1. The van der Waals surface area contributed by atoms with Crippen LogP contribution in [0.1, 0.15) is 67.3 Å². The molecule has 0 bridgehead atoms. The van der Waals surface area contributed by atoms with Gasteiger partial charge in [-0.15, -0.1) is 0 Å². The lowest BCUT2D eigenvalue weighted by Crippen LogP contribution is -2.46. The van der Waals surface area contributed by atoms with Crippen molar-refractivity contribution in [2.24, 2.45) is 5.92 Å². The van der Waals surface area contributed by atoms with E-state index < -0.39 is 10.0 Å². The molecule has 2 aromatic carbocycles. The fraction of sp³-hybridized carbons (Fsp3) is 0.500. The van der Waals surface area contributed by atoms with Gasteiger partial charge in [0.2, 0.25) is 15.9 Å². The average molecular weight is 489 g/mol. The lowest BCUT2D eigenvalue weighted by molar-refractivity contribution is -0.126. The third-order valence-corrected chi connectivity index (χ3v) is 8.98. The molecule has 1 aliphatic carbocycles. The van der Waals surface area contributed by atoms with Crippen molar-refractivity contribution in [1.82, 2.24) is 9.62 Å². The zero-order valence-corrected chi connectivity index (χ0v) is 20.8. The predicted molar refractivity (Wildman–Crippen MR) is 133 cm³/mol. The number of hydrogen-bond acceptors (Lipinski definition) is 3. The molecule has 5 nitrogen and oxygen atoms in total. The van der Waals surface area contributed by atoms with Gasteiger partial charge in [0.15, 0.2) is 0 Å². The van der Waals surface area contributed by atoms with Gasteiger partial charge in [-0.2, -0.15) is 0 Å². The van der Waals surface area contributed by atoms with Gasteiger partial charge in [-0.1, -0.05) is 48.9 Å². The molecule has 0 saturated carbocycles. The number of aryl methyl sites for hydroxylation is 2. The molecular weight excluding hydrogens is 456 g/mol. The van der Waals surface area contributed by atoms with E-state index in [0.717, 1.165) is 24.8 Å². The monoisotopic (exact) mass is 488 g/mol. The van der Waals surface area contributed by atoms with E-state index in [-0.39, 0.29) is 30.2 Å². The number of amides is 1. The Kier molecular flexibility index (Phi) is 7.77. The third-order valence-electron chi connectivity index (χ3n) is 6.91. The molecule has 1 saturated heterocycles. The number of nitrogens with zero attached hydrogens (tertiary/aromatic N) is 1. The van der Waals surface area contributed by atoms with Crippen molar-refractivity contribution in [3.05, 3.63) is 69.7 Å². The van der Waals surface area contributed by atoms with Crippen LogP contribution in [-0.4, -0.2) is 31.7 Å². The molecule has 1 amide bonds. The first-order valence-corrected chi connectivity index (χ1v) is 14.0. The number of halogens is 1. The Morgan fingerprint density at radius 3 is 2.55 bits per heavy atom. The highest BCUT2D eigenvalue weighted by Crippen LogP contribution is 2.27. The van der Waals surface area contributed by atoms with Crippen molar-refractivity contribution in [1.29, 1.82) is 0 Å². The molecule has 0 radical (unpaired) electrons. The van der Waals surface area contributed by atoms with E-state index in [1.165, 1.54) is 28.3 Å².